The number of nitrogens with zero attached hydrogens (tertiary/aromatic N) is 1. The van der Waals surface area contributed by atoms with E-state index in [1.54, 1.807) is 0 Å². The van der Waals surface area contributed by atoms with Gasteiger partial charge in [-0.25, -0.2) is 4.99 Å². The molecule has 1 heteroatoms. The van der Waals surface area contributed by atoms with Crippen LogP contribution in [-0.4, -0.2) is 5.71 Å². The van der Waals surface area contributed by atoms with E-state index in [0.29, 0.717) is 11.8 Å². The van der Waals surface area contributed by atoms with Gasteiger partial charge in [0.2, 0.25) is 0 Å². The first-order valence-corrected chi connectivity index (χ1v) is 10.7. The summed E-state index contributed by atoms with van der Waals surface area (Å²) in [5.41, 5.74) is 8.43. The Bertz CT molecular complexity index is 1050. The number of hydrogen-bond donors (Lipinski definition) is 0. The molecule has 3 rings (SSSR count). The van der Waals surface area contributed by atoms with Crippen LogP contribution < -0.4 is 0 Å². The fraction of sp³-hybridized carbons (Fsp3) is 0.393. The van der Waals surface area contributed by atoms with Crippen LogP contribution in [0.25, 0.3) is 10.8 Å². The molecule has 1 aliphatic rings. The highest BCUT2D eigenvalue weighted by molar-refractivity contribution is 6.27. The zero-order valence-corrected chi connectivity index (χ0v) is 19.4. The molecule has 0 aliphatic carbocycles. The van der Waals surface area contributed by atoms with Crippen LogP contribution in [0, 0.1) is 11.8 Å². The maximum atomic E-state index is 5.00. The fourth-order valence-corrected chi connectivity index (χ4v) is 3.83. The van der Waals surface area contributed by atoms with Crippen molar-refractivity contribution in [1.82, 2.24) is 0 Å². The van der Waals surface area contributed by atoms with Gasteiger partial charge < -0.3 is 0 Å². The monoisotopic (exact) mass is 385 g/mol. The van der Waals surface area contributed by atoms with Crippen molar-refractivity contribution in [3.63, 3.8) is 0 Å². The van der Waals surface area contributed by atoms with E-state index in [1.807, 2.05) is 0 Å². The largest absolute Gasteiger partial charge is 0.247 e. The predicted molar refractivity (Wildman–Crippen MR) is 130 cm³/mol. The minimum Gasteiger partial charge on any atom is -0.247 e. The first-order valence-electron chi connectivity index (χ1n) is 10.7. The highest BCUT2D eigenvalue weighted by Crippen LogP contribution is 2.41. The van der Waals surface area contributed by atoms with E-state index in [9.17, 15) is 0 Å². The lowest BCUT2D eigenvalue weighted by molar-refractivity contribution is 0.596. The van der Waals surface area contributed by atoms with Crippen LogP contribution in [0.15, 0.2) is 70.8 Å². The molecular weight excluding hydrogens is 350 g/mol. The zero-order chi connectivity index (χ0) is 21.5. The first-order chi connectivity index (χ1) is 13.5. The van der Waals surface area contributed by atoms with Gasteiger partial charge in [-0.15, -0.1) is 0 Å². The SMILES string of the molecule is C=C(/C=C(\C=C(/C)C(C)C)C(C)C)C1=Nc2ccc(C(C)(C)C)c3cccc1c23. The van der Waals surface area contributed by atoms with Gasteiger partial charge in [0.1, 0.15) is 0 Å². The topological polar surface area (TPSA) is 12.4 Å². The molecule has 2 aromatic rings. The molecule has 0 unspecified atom stereocenters. The second-order valence-electron chi connectivity index (χ2n) is 9.94. The summed E-state index contributed by atoms with van der Waals surface area (Å²) < 4.78 is 0. The standard InChI is InChI=1S/C28H35N/c1-17(2)19(5)15-21(18(3)4)16-20(6)27-23-12-10-11-22-24(28(7,8)9)13-14-25(29-27)26(22)23/h10-18H,6H2,1-5,7-9H3/b19-15+,21-16+. The summed E-state index contributed by atoms with van der Waals surface area (Å²) in [6.07, 6.45) is 4.55. The highest BCUT2D eigenvalue weighted by atomic mass is 14.8. The molecule has 0 atom stereocenters. The molecular formula is C28H35N. The molecule has 0 saturated carbocycles. The van der Waals surface area contributed by atoms with E-state index in [1.165, 1.54) is 33.0 Å². The lowest BCUT2D eigenvalue weighted by atomic mass is 9.82. The average Bonchev–Trinajstić information content (AvgIpc) is 3.01. The zero-order valence-electron chi connectivity index (χ0n) is 19.4. The van der Waals surface area contributed by atoms with Gasteiger partial charge >= 0.3 is 0 Å². The normalized spacial score (nSPS) is 14.9. The van der Waals surface area contributed by atoms with Crippen molar-refractivity contribution in [2.45, 2.75) is 60.8 Å². The third-order valence-electron chi connectivity index (χ3n) is 5.93. The molecule has 1 aliphatic heterocycles. The molecule has 0 bridgehead atoms. The van der Waals surface area contributed by atoms with E-state index in [4.69, 9.17) is 4.99 Å². The van der Waals surface area contributed by atoms with Gasteiger partial charge in [0, 0.05) is 10.9 Å². The Hall–Kier alpha value is -2.41. The van der Waals surface area contributed by atoms with Crippen LogP contribution in [0.1, 0.15) is 66.5 Å². The third kappa shape index (κ3) is 4.15. The van der Waals surface area contributed by atoms with Gasteiger partial charge in [0.25, 0.3) is 0 Å². The number of benzene rings is 2. The van der Waals surface area contributed by atoms with Crippen molar-refractivity contribution in [3.05, 3.63) is 76.9 Å². The van der Waals surface area contributed by atoms with Gasteiger partial charge in [-0.05, 0) is 58.4 Å². The van der Waals surface area contributed by atoms with Crippen molar-refractivity contribution < 1.29 is 0 Å². The van der Waals surface area contributed by atoms with Gasteiger partial charge in [-0.1, -0.05) is 91.0 Å². The Labute approximate surface area is 177 Å². The van der Waals surface area contributed by atoms with Gasteiger partial charge in [-0.2, -0.15) is 0 Å². The lowest BCUT2D eigenvalue weighted by Crippen LogP contribution is -2.11. The quantitative estimate of drug-likeness (QED) is 0.459. The minimum atomic E-state index is 0.0980. The van der Waals surface area contributed by atoms with Crippen LogP contribution in [0.3, 0.4) is 0 Å². The number of aliphatic imine (C=N–C) groups is 1. The Morgan fingerprint density at radius 2 is 1.66 bits per heavy atom. The van der Waals surface area contributed by atoms with Crippen LogP contribution in [0.4, 0.5) is 5.69 Å². The molecule has 0 radical (unpaired) electrons. The molecule has 1 nitrogen and oxygen atoms in total. The molecule has 2 aromatic carbocycles. The Balaban J connectivity index is 2.09. The number of hydrogen-bond acceptors (Lipinski definition) is 1. The molecule has 0 aromatic heterocycles. The fourth-order valence-electron chi connectivity index (χ4n) is 3.83. The van der Waals surface area contributed by atoms with Gasteiger partial charge in [0.05, 0.1) is 11.4 Å². The molecule has 152 valence electrons. The molecule has 0 spiro atoms. The molecule has 0 N–H and O–H groups in total. The average molecular weight is 386 g/mol. The van der Waals surface area contributed by atoms with Crippen LogP contribution in [0.2, 0.25) is 0 Å². The van der Waals surface area contributed by atoms with Crippen molar-refractivity contribution in [3.8, 4) is 0 Å². The van der Waals surface area contributed by atoms with E-state index < -0.39 is 0 Å². The van der Waals surface area contributed by atoms with Gasteiger partial charge in [-0.3, -0.25) is 0 Å². The molecule has 0 fully saturated rings. The molecule has 29 heavy (non-hydrogen) atoms. The number of allylic oxidation sites excluding steroid dienone is 5. The van der Waals surface area contributed by atoms with E-state index in [0.717, 1.165) is 17.0 Å². The summed E-state index contributed by atoms with van der Waals surface area (Å²) in [5, 5.41) is 2.58. The maximum absolute atomic E-state index is 5.00. The summed E-state index contributed by atoms with van der Waals surface area (Å²) in [5.74, 6) is 0.983. The summed E-state index contributed by atoms with van der Waals surface area (Å²) in [4.78, 5) is 5.00. The van der Waals surface area contributed by atoms with Crippen LogP contribution >= 0.6 is 0 Å². The highest BCUT2D eigenvalue weighted by Gasteiger charge is 2.24. The van der Waals surface area contributed by atoms with Gasteiger partial charge in [0.15, 0.2) is 0 Å². The van der Waals surface area contributed by atoms with Crippen LogP contribution in [0.5, 0.6) is 0 Å². The summed E-state index contributed by atoms with van der Waals surface area (Å²) >= 11 is 0. The third-order valence-corrected chi connectivity index (χ3v) is 5.93. The molecule has 1 heterocycles. The Kier molecular flexibility index (Phi) is 5.72. The van der Waals surface area contributed by atoms with E-state index in [-0.39, 0.29) is 5.41 Å². The molecule has 0 amide bonds. The van der Waals surface area contributed by atoms with Crippen LogP contribution in [-0.2, 0) is 5.41 Å². The van der Waals surface area contributed by atoms with Crippen molar-refractivity contribution in [1.29, 1.82) is 0 Å². The van der Waals surface area contributed by atoms with E-state index >= 15 is 0 Å². The first kappa shape index (κ1) is 21.3. The predicted octanol–water partition coefficient (Wildman–Crippen LogP) is 8.31. The Morgan fingerprint density at radius 1 is 0.966 bits per heavy atom. The maximum Gasteiger partial charge on any atom is 0.0782 e. The molecule has 0 saturated heterocycles. The summed E-state index contributed by atoms with van der Waals surface area (Å²) in [7, 11) is 0. The lowest BCUT2D eigenvalue weighted by Gasteiger charge is -2.21. The Morgan fingerprint density at radius 3 is 2.24 bits per heavy atom. The van der Waals surface area contributed by atoms with E-state index in [2.05, 4.69) is 104 Å². The smallest absolute Gasteiger partial charge is 0.0782 e. The second-order valence-corrected chi connectivity index (χ2v) is 9.94. The van der Waals surface area contributed by atoms with Crippen molar-refractivity contribution in [2.24, 2.45) is 16.8 Å². The number of rotatable bonds is 5. The summed E-state index contributed by atoms with van der Waals surface area (Å²) in [6, 6.07) is 11.0. The van der Waals surface area contributed by atoms with Crippen molar-refractivity contribution in [2.75, 3.05) is 0 Å². The second kappa shape index (κ2) is 7.78. The minimum absolute atomic E-state index is 0.0980. The summed E-state index contributed by atoms with van der Waals surface area (Å²) in [6.45, 7) is 22.4. The van der Waals surface area contributed by atoms with Crippen molar-refractivity contribution >= 4 is 22.2 Å².